The van der Waals surface area contributed by atoms with Gasteiger partial charge in [0.25, 0.3) is 12.3 Å². The van der Waals surface area contributed by atoms with Crippen molar-refractivity contribution in [2.24, 2.45) is 5.41 Å². The standard InChI is InChI=1S/C16H19F2NO3/c17-13(18)11-5-4-6-12(9-11)14(20)19-10-16(15(21)22)7-2-1-3-8-16/h4-6,9,13H,1-3,7-8,10H2,(H,19,20)(H,21,22). The quantitative estimate of drug-likeness (QED) is 0.876. The van der Waals surface area contributed by atoms with Crippen LogP contribution in [0.5, 0.6) is 0 Å². The molecule has 1 aliphatic rings. The average Bonchev–Trinajstić information content (AvgIpc) is 2.53. The first-order valence-corrected chi connectivity index (χ1v) is 7.34. The van der Waals surface area contributed by atoms with Crippen molar-refractivity contribution in [3.63, 3.8) is 0 Å². The molecule has 6 heteroatoms. The molecule has 0 bridgehead atoms. The van der Waals surface area contributed by atoms with Gasteiger partial charge < -0.3 is 10.4 Å². The van der Waals surface area contributed by atoms with E-state index in [0.29, 0.717) is 12.8 Å². The maximum Gasteiger partial charge on any atom is 0.311 e. The van der Waals surface area contributed by atoms with Gasteiger partial charge in [-0.2, -0.15) is 0 Å². The zero-order valence-electron chi connectivity index (χ0n) is 12.1. The Morgan fingerprint density at radius 3 is 2.50 bits per heavy atom. The van der Waals surface area contributed by atoms with Crippen LogP contribution < -0.4 is 5.32 Å². The summed E-state index contributed by atoms with van der Waals surface area (Å²) < 4.78 is 25.3. The molecule has 1 saturated carbocycles. The van der Waals surface area contributed by atoms with Gasteiger partial charge in [0.1, 0.15) is 0 Å². The molecule has 0 saturated heterocycles. The van der Waals surface area contributed by atoms with Gasteiger partial charge in [0, 0.05) is 17.7 Å². The molecule has 22 heavy (non-hydrogen) atoms. The van der Waals surface area contributed by atoms with Crippen LogP contribution in [0, 0.1) is 5.41 Å². The monoisotopic (exact) mass is 311 g/mol. The lowest BCUT2D eigenvalue weighted by atomic mass is 9.74. The zero-order chi connectivity index (χ0) is 16.2. The summed E-state index contributed by atoms with van der Waals surface area (Å²) in [7, 11) is 0. The third kappa shape index (κ3) is 3.61. The van der Waals surface area contributed by atoms with Crippen molar-refractivity contribution in [2.75, 3.05) is 6.54 Å². The molecule has 1 fully saturated rings. The number of benzene rings is 1. The number of hydrogen-bond donors (Lipinski definition) is 2. The molecule has 2 rings (SSSR count). The first-order valence-electron chi connectivity index (χ1n) is 7.34. The van der Waals surface area contributed by atoms with Gasteiger partial charge in [0.05, 0.1) is 5.41 Å². The fourth-order valence-corrected chi connectivity index (χ4v) is 2.86. The van der Waals surface area contributed by atoms with Gasteiger partial charge in [-0.05, 0) is 25.0 Å². The zero-order valence-corrected chi connectivity index (χ0v) is 12.1. The van der Waals surface area contributed by atoms with E-state index in [-0.39, 0.29) is 17.7 Å². The third-order valence-electron chi connectivity index (χ3n) is 4.25. The molecule has 4 nitrogen and oxygen atoms in total. The summed E-state index contributed by atoms with van der Waals surface area (Å²) in [6.07, 6.45) is 1.06. The van der Waals surface area contributed by atoms with Crippen molar-refractivity contribution in [3.05, 3.63) is 35.4 Å². The summed E-state index contributed by atoms with van der Waals surface area (Å²) in [5, 5.41) is 12.0. The van der Waals surface area contributed by atoms with E-state index in [2.05, 4.69) is 5.32 Å². The second kappa shape index (κ2) is 6.85. The van der Waals surface area contributed by atoms with Gasteiger partial charge in [-0.15, -0.1) is 0 Å². The number of carboxylic acid groups (broad SMARTS) is 1. The average molecular weight is 311 g/mol. The molecule has 1 amide bonds. The van der Waals surface area contributed by atoms with E-state index in [0.717, 1.165) is 25.3 Å². The fourth-order valence-electron chi connectivity index (χ4n) is 2.86. The molecule has 1 aromatic rings. The highest BCUT2D eigenvalue weighted by atomic mass is 19.3. The normalized spacial score (nSPS) is 17.2. The van der Waals surface area contributed by atoms with E-state index < -0.39 is 23.7 Å². The lowest BCUT2D eigenvalue weighted by Gasteiger charge is -2.33. The second-order valence-corrected chi connectivity index (χ2v) is 5.75. The molecule has 1 aliphatic carbocycles. The largest absolute Gasteiger partial charge is 0.481 e. The Labute approximate surface area is 127 Å². The van der Waals surface area contributed by atoms with Crippen LogP contribution in [0.4, 0.5) is 8.78 Å². The molecular formula is C16H19F2NO3. The number of nitrogens with one attached hydrogen (secondary N) is 1. The fraction of sp³-hybridized carbons (Fsp3) is 0.500. The van der Waals surface area contributed by atoms with Crippen molar-refractivity contribution in [1.82, 2.24) is 5.32 Å². The molecule has 2 N–H and O–H groups in total. The van der Waals surface area contributed by atoms with Crippen LogP contribution in [0.2, 0.25) is 0 Å². The molecule has 0 unspecified atom stereocenters. The molecule has 0 aromatic heterocycles. The van der Waals surface area contributed by atoms with E-state index in [1.807, 2.05) is 0 Å². The predicted molar refractivity (Wildman–Crippen MR) is 76.9 cm³/mol. The molecule has 120 valence electrons. The minimum atomic E-state index is -2.64. The van der Waals surface area contributed by atoms with E-state index in [1.54, 1.807) is 0 Å². The second-order valence-electron chi connectivity index (χ2n) is 5.75. The van der Waals surface area contributed by atoms with E-state index in [9.17, 15) is 23.5 Å². The molecule has 0 atom stereocenters. The van der Waals surface area contributed by atoms with E-state index in [1.165, 1.54) is 18.2 Å². The van der Waals surface area contributed by atoms with Crippen LogP contribution >= 0.6 is 0 Å². The number of alkyl halides is 2. The van der Waals surface area contributed by atoms with Crippen molar-refractivity contribution in [3.8, 4) is 0 Å². The minimum absolute atomic E-state index is 0.0279. The van der Waals surface area contributed by atoms with Crippen LogP contribution in [0.15, 0.2) is 24.3 Å². The van der Waals surface area contributed by atoms with Crippen molar-refractivity contribution < 1.29 is 23.5 Å². The van der Waals surface area contributed by atoms with Crippen LogP contribution in [0.3, 0.4) is 0 Å². The molecular weight excluding hydrogens is 292 g/mol. The smallest absolute Gasteiger partial charge is 0.311 e. The Morgan fingerprint density at radius 1 is 1.23 bits per heavy atom. The predicted octanol–water partition coefficient (Wildman–Crippen LogP) is 3.39. The number of hydrogen-bond acceptors (Lipinski definition) is 2. The SMILES string of the molecule is O=C(NCC1(C(=O)O)CCCCC1)c1cccc(C(F)F)c1. The highest BCUT2D eigenvalue weighted by molar-refractivity contribution is 5.94. The Hall–Kier alpha value is -1.98. The number of amides is 1. The summed E-state index contributed by atoms with van der Waals surface area (Å²) >= 11 is 0. The third-order valence-corrected chi connectivity index (χ3v) is 4.25. The maximum absolute atomic E-state index is 12.6. The number of carbonyl (C=O) groups is 2. The summed E-state index contributed by atoms with van der Waals surface area (Å²) in [6, 6.07) is 5.22. The van der Waals surface area contributed by atoms with Crippen molar-refractivity contribution in [1.29, 1.82) is 0 Å². The van der Waals surface area contributed by atoms with Gasteiger partial charge in [-0.3, -0.25) is 9.59 Å². The summed E-state index contributed by atoms with van der Waals surface area (Å²) in [5.41, 5.74) is -1.04. The summed E-state index contributed by atoms with van der Waals surface area (Å²) in [5.74, 6) is -1.43. The number of rotatable bonds is 5. The van der Waals surface area contributed by atoms with Gasteiger partial charge in [-0.25, -0.2) is 8.78 Å². The Balaban J connectivity index is 2.05. The lowest BCUT2D eigenvalue weighted by molar-refractivity contribution is -0.150. The van der Waals surface area contributed by atoms with Gasteiger partial charge in [0.15, 0.2) is 0 Å². The summed E-state index contributed by atoms with van der Waals surface area (Å²) in [4.78, 5) is 23.6. The van der Waals surface area contributed by atoms with Crippen LogP contribution in [-0.2, 0) is 4.79 Å². The van der Waals surface area contributed by atoms with Gasteiger partial charge >= 0.3 is 5.97 Å². The first kappa shape index (κ1) is 16.4. The number of carboxylic acids is 1. The topological polar surface area (TPSA) is 66.4 Å². The van der Waals surface area contributed by atoms with Crippen molar-refractivity contribution in [2.45, 2.75) is 38.5 Å². The van der Waals surface area contributed by atoms with Crippen LogP contribution in [-0.4, -0.2) is 23.5 Å². The molecule has 0 heterocycles. The molecule has 0 spiro atoms. The van der Waals surface area contributed by atoms with Crippen LogP contribution in [0.1, 0.15) is 54.5 Å². The van der Waals surface area contributed by atoms with Gasteiger partial charge in [-0.1, -0.05) is 31.4 Å². The number of aliphatic carboxylic acids is 1. The lowest BCUT2D eigenvalue weighted by Crippen LogP contribution is -2.44. The van der Waals surface area contributed by atoms with E-state index >= 15 is 0 Å². The minimum Gasteiger partial charge on any atom is -0.481 e. The Kier molecular flexibility index (Phi) is 5.11. The Bertz CT molecular complexity index is 554. The maximum atomic E-state index is 12.6. The Morgan fingerprint density at radius 2 is 1.91 bits per heavy atom. The van der Waals surface area contributed by atoms with Crippen LogP contribution in [0.25, 0.3) is 0 Å². The highest BCUT2D eigenvalue weighted by Crippen LogP contribution is 2.36. The highest BCUT2D eigenvalue weighted by Gasteiger charge is 2.39. The molecule has 0 radical (unpaired) electrons. The molecule has 0 aliphatic heterocycles. The summed E-state index contributed by atoms with van der Waals surface area (Å²) in [6.45, 7) is 0.0279. The first-order chi connectivity index (χ1) is 10.4. The van der Waals surface area contributed by atoms with Gasteiger partial charge in [0.2, 0.25) is 0 Å². The number of carbonyl (C=O) groups excluding carboxylic acids is 1. The van der Waals surface area contributed by atoms with E-state index in [4.69, 9.17) is 0 Å². The number of halogens is 2. The van der Waals surface area contributed by atoms with Crippen molar-refractivity contribution >= 4 is 11.9 Å². The molecule has 1 aromatic carbocycles.